The summed E-state index contributed by atoms with van der Waals surface area (Å²) in [5, 5.41) is 0.918. The Balaban J connectivity index is 2.32. The van der Waals surface area contributed by atoms with Gasteiger partial charge in [0.15, 0.2) is 5.82 Å². The van der Waals surface area contributed by atoms with E-state index in [-0.39, 0.29) is 12.2 Å². The summed E-state index contributed by atoms with van der Waals surface area (Å²) in [5.41, 5.74) is 2.46. The van der Waals surface area contributed by atoms with E-state index >= 15 is 0 Å². The molecule has 0 aliphatic carbocycles. The van der Waals surface area contributed by atoms with Crippen molar-refractivity contribution in [2.45, 2.75) is 26.1 Å². The second-order valence-electron chi connectivity index (χ2n) is 4.43. The fourth-order valence-corrected chi connectivity index (χ4v) is 2.66. The van der Waals surface area contributed by atoms with Crippen LogP contribution in [0.2, 0.25) is 10.0 Å². The number of rotatable bonds is 2. The third-order valence-corrected chi connectivity index (χ3v) is 3.33. The van der Waals surface area contributed by atoms with Crippen LogP contribution in [-0.2, 0) is 4.74 Å². The number of aromatic nitrogens is 1. The fraction of sp³-hybridized carbons (Fsp3) is 0.545. The Morgan fingerprint density at radius 3 is 2.50 bits per heavy atom. The maximum absolute atomic E-state index is 6.19. The lowest BCUT2D eigenvalue weighted by Crippen LogP contribution is -2.46. The van der Waals surface area contributed by atoms with Crippen LogP contribution in [0.15, 0.2) is 6.07 Å². The molecular formula is C11H16Cl2N4O. The van der Waals surface area contributed by atoms with Crippen LogP contribution >= 0.6 is 23.2 Å². The molecule has 3 N–H and O–H groups in total. The van der Waals surface area contributed by atoms with Crippen molar-refractivity contribution in [1.82, 2.24) is 4.98 Å². The van der Waals surface area contributed by atoms with E-state index in [2.05, 4.69) is 15.3 Å². The molecule has 18 heavy (non-hydrogen) atoms. The van der Waals surface area contributed by atoms with E-state index in [1.54, 1.807) is 6.07 Å². The molecule has 1 saturated heterocycles. The normalized spacial score (nSPS) is 24.2. The zero-order valence-corrected chi connectivity index (χ0v) is 11.8. The predicted octanol–water partition coefficient (Wildman–Crippen LogP) is 2.29. The van der Waals surface area contributed by atoms with Gasteiger partial charge in [0.2, 0.25) is 0 Å². The molecule has 0 aromatic carbocycles. The van der Waals surface area contributed by atoms with Crippen molar-refractivity contribution in [3.05, 3.63) is 16.1 Å². The highest BCUT2D eigenvalue weighted by Gasteiger charge is 2.25. The fourth-order valence-electron chi connectivity index (χ4n) is 2.13. The van der Waals surface area contributed by atoms with Crippen molar-refractivity contribution < 1.29 is 4.74 Å². The van der Waals surface area contributed by atoms with Crippen LogP contribution in [-0.4, -0.2) is 30.3 Å². The van der Waals surface area contributed by atoms with Crippen LogP contribution in [0.1, 0.15) is 13.8 Å². The summed E-state index contributed by atoms with van der Waals surface area (Å²) in [7, 11) is 0. The highest BCUT2D eigenvalue weighted by Crippen LogP contribution is 2.32. The van der Waals surface area contributed by atoms with E-state index in [0.717, 1.165) is 13.1 Å². The Kier molecular flexibility index (Phi) is 4.17. The van der Waals surface area contributed by atoms with Crippen molar-refractivity contribution in [3.8, 4) is 0 Å². The van der Waals surface area contributed by atoms with Crippen molar-refractivity contribution in [3.63, 3.8) is 0 Å². The van der Waals surface area contributed by atoms with Gasteiger partial charge in [-0.2, -0.15) is 0 Å². The van der Waals surface area contributed by atoms with Crippen LogP contribution in [0, 0.1) is 0 Å². The maximum Gasteiger partial charge on any atom is 0.161 e. The summed E-state index contributed by atoms with van der Waals surface area (Å²) in [6.45, 7) is 5.52. The third kappa shape index (κ3) is 2.80. The summed E-state index contributed by atoms with van der Waals surface area (Å²) < 4.78 is 5.68. The largest absolute Gasteiger partial charge is 0.372 e. The SMILES string of the molecule is C[C@@H]1CN(c2nc(NN)c(Cl)cc2Cl)C[C@H](C)O1. The minimum Gasteiger partial charge on any atom is -0.372 e. The smallest absolute Gasteiger partial charge is 0.161 e. The average molecular weight is 291 g/mol. The minimum atomic E-state index is 0.136. The molecule has 5 nitrogen and oxygen atoms in total. The van der Waals surface area contributed by atoms with Crippen molar-refractivity contribution in [2.75, 3.05) is 23.4 Å². The number of hydrazine groups is 1. The zero-order valence-electron chi connectivity index (χ0n) is 10.3. The molecule has 0 unspecified atom stereocenters. The molecule has 2 rings (SSSR count). The maximum atomic E-state index is 6.19. The average Bonchev–Trinajstić information content (AvgIpc) is 2.27. The molecule has 2 heterocycles. The van der Waals surface area contributed by atoms with Crippen LogP contribution in [0.3, 0.4) is 0 Å². The van der Waals surface area contributed by atoms with Gasteiger partial charge >= 0.3 is 0 Å². The van der Waals surface area contributed by atoms with Crippen molar-refractivity contribution in [2.24, 2.45) is 5.84 Å². The highest BCUT2D eigenvalue weighted by atomic mass is 35.5. The first-order valence-corrected chi connectivity index (χ1v) is 6.50. The lowest BCUT2D eigenvalue weighted by atomic mass is 10.2. The molecule has 1 fully saturated rings. The van der Waals surface area contributed by atoms with E-state index < -0.39 is 0 Å². The van der Waals surface area contributed by atoms with E-state index in [9.17, 15) is 0 Å². The second-order valence-corrected chi connectivity index (χ2v) is 5.25. The standard InChI is InChI=1S/C11H16Cl2N4O/c1-6-4-17(5-7(2)18-6)11-9(13)3-8(12)10(15-11)16-14/h3,6-7H,4-5,14H2,1-2H3,(H,15,16)/t6-,7+. The molecule has 0 saturated carbocycles. The van der Waals surface area contributed by atoms with Crippen LogP contribution in [0.5, 0.6) is 0 Å². The number of nitrogens with one attached hydrogen (secondary N) is 1. The highest BCUT2D eigenvalue weighted by molar-refractivity contribution is 6.37. The molecule has 0 spiro atoms. The van der Waals surface area contributed by atoms with Gasteiger partial charge in [0, 0.05) is 13.1 Å². The first kappa shape index (κ1) is 13.7. The van der Waals surface area contributed by atoms with Crippen LogP contribution < -0.4 is 16.2 Å². The monoisotopic (exact) mass is 290 g/mol. The quantitative estimate of drug-likeness (QED) is 0.646. The van der Waals surface area contributed by atoms with E-state index in [0.29, 0.717) is 21.7 Å². The number of ether oxygens (including phenoxy) is 1. The van der Waals surface area contributed by atoms with Gasteiger partial charge in [-0.1, -0.05) is 23.2 Å². The zero-order chi connectivity index (χ0) is 13.3. The van der Waals surface area contributed by atoms with E-state index in [4.69, 9.17) is 33.8 Å². The van der Waals surface area contributed by atoms with Gasteiger partial charge < -0.3 is 15.1 Å². The first-order chi connectivity index (χ1) is 8.51. The lowest BCUT2D eigenvalue weighted by Gasteiger charge is -2.36. The minimum absolute atomic E-state index is 0.136. The lowest BCUT2D eigenvalue weighted by molar-refractivity contribution is -0.00544. The van der Waals surface area contributed by atoms with E-state index in [1.807, 2.05) is 13.8 Å². The number of morpholine rings is 1. The molecule has 100 valence electrons. The summed E-state index contributed by atoms with van der Waals surface area (Å²) >= 11 is 12.2. The van der Waals surface area contributed by atoms with Gasteiger partial charge in [0.05, 0.1) is 22.3 Å². The third-order valence-electron chi connectivity index (χ3n) is 2.77. The molecule has 1 aromatic rings. The number of nitrogens with zero attached hydrogens (tertiary/aromatic N) is 2. The van der Waals surface area contributed by atoms with Gasteiger partial charge in [-0.15, -0.1) is 0 Å². The molecule has 1 aromatic heterocycles. The summed E-state index contributed by atoms with van der Waals surface area (Å²) in [4.78, 5) is 6.43. The van der Waals surface area contributed by atoms with Gasteiger partial charge in [0.25, 0.3) is 0 Å². The number of nitrogens with two attached hydrogens (primary N) is 1. The Morgan fingerprint density at radius 2 is 1.94 bits per heavy atom. The van der Waals surface area contributed by atoms with Crippen LogP contribution in [0.25, 0.3) is 0 Å². The molecule has 2 atom stereocenters. The molecular weight excluding hydrogens is 275 g/mol. The molecule has 1 aliphatic heterocycles. The number of pyridine rings is 1. The molecule has 1 aliphatic rings. The molecule has 0 amide bonds. The summed E-state index contributed by atoms with van der Waals surface area (Å²) in [5.74, 6) is 6.47. The molecule has 0 radical (unpaired) electrons. The van der Waals surface area contributed by atoms with Crippen LogP contribution in [0.4, 0.5) is 11.6 Å². The molecule has 0 bridgehead atoms. The Hall–Kier alpha value is -0.750. The second kappa shape index (κ2) is 5.48. The van der Waals surface area contributed by atoms with Crippen molar-refractivity contribution in [1.29, 1.82) is 0 Å². The Morgan fingerprint density at radius 1 is 1.33 bits per heavy atom. The predicted molar refractivity (Wildman–Crippen MR) is 74.3 cm³/mol. The Bertz CT molecular complexity index is 433. The number of hydrogen-bond donors (Lipinski definition) is 2. The number of nitrogen functional groups attached to an aromatic ring is 1. The number of anilines is 2. The number of hydrogen-bond acceptors (Lipinski definition) is 5. The Labute approximate surface area is 116 Å². The first-order valence-electron chi connectivity index (χ1n) is 5.74. The topological polar surface area (TPSA) is 63.4 Å². The van der Waals surface area contributed by atoms with Gasteiger partial charge in [-0.05, 0) is 19.9 Å². The summed E-state index contributed by atoms with van der Waals surface area (Å²) in [6, 6.07) is 1.64. The van der Waals surface area contributed by atoms with Crippen molar-refractivity contribution >= 4 is 34.8 Å². The number of halogens is 2. The molecule has 7 heteroatoms. The van der Waals surface area contributed by atoms with Gasteiger partial charge in [-0.25, -0.2) is 10.8 Å². The summed E-state index contributed by atoms with van der Waals surface area (Å²) in [6.07, 6.45) is 0.271. The van der Waals surface area contributed by atoms with Gasteiger partial charge in [-0.3, -0.25) is 0 Å². The van der Waals surface area contributed by atoms with Gasteiger partial charge in [0.1, 0.15) is 5.82 Å². The van der Waals surface area contributed by atoms with E-state index in [1.165, 1.54) is 0 Å².